The number of ether oxygens (including phenoxy) is 1. The Hall–Kier alpha value is -2.36. The van der Waals surface area contributed by atoms with Crippen LogP contribution in [-0.2, 0) is 15.5 Å². The number of rotatable bonds is 3. The van der Waals surface area contributed by atoms with Gasteiger partial charge in [-0.2, -0.15) is 5.10 Å². The Bertz CT molecular complexity index is 822. The van der Waals surface area contributed by atoms with E-state index in [1.54, 1.807) is 17.3 Å². The minimum atomic E-state index is -1.25. The molecule has 0 radical (unpaired) electrons. The van der Waals surface area contributed by atoms with Gasteiger partial charge in [0.1, 0.15) is 11.3 Å². The highest BCUT2D eigenvalue weighted by Crippen LogP contribution is 2.25. The van der Waals surface area contributed by atoms with Gasteiger partial charge in [0.2, 0.25) is 5.16 Å². The van der Waals surface area contributed by atoms with Crippen molar-refractivity contribution in [3.05, 3.63) is 18.6 Å². The molecule has 146 valence electrons. The second-order valence-electron chi connectivity index (χ2n) is 7.49. The van der Waals surface area contributed by atoms with Crippen molar-refractivity contribution >= 4 is 16.9 Å². The fraction of sp³-hybridized carbons (Fsp3) is 0.588. The van der Waals surface area contributed by atoms with E-state index >= 15 is 0 Å². The van der Waals surface area contributed by atoms with Crippen LogP contribution in [-0.4, -0.2) is 65.1 Å². The van der Waals surface area contributed by atoms with Crippen molar-refractivity contribution in [2.24, 2.45) is 0 Å². The van der Waals surface area contributed by atoms with Gasteiger partial charge in [-0.15, -0.1) is 10.2 Å². The van der Waals surface area contributed by atoms with Gasteiger partial charge in [0.05, 0.1) is 29.2 Å². The van der Waals surface area contributed by atoms with Gasteiger partial charge >= 0.3 is 6.09 Å². The summed E-state index contributed by atoms with van der Waals surface area (Å²) in [5.41, 5.74) is 0.902. The van der Waals surface area contributed by atoms with Gasteiger partial charge < -0.3 is 9.64 Å². The van der Waals surface area contributed by atoms with E-state index in [4.69, 9.17) is 4.74 Å². The normalized spacial score (nSPS) is 17.0. The SMILES string of the molecule is CS(=O)c1ncc(-c2cnn(C3CCN(C(=O)OC(C)(C)C)CC3)c2)nn1. The average molecular weight is 392 g/mol. The van der Waals surface area contributed by atoms with Gasteiger partial charge in [-0.1, -0.05) is 0 Å². The molecule has 0 N–H and O–H groups in total. The first kappa shape index (κ1) is 19.4. The van der Waals surface area contributed by atoms with Crippen LogP contribution in [0.15, 0.2) is 23.7 Å². The third-order valence-corrected chi connectivity index (χ3v) is 4.89. The van der Waals surface area contributed by atoms with Gasteiger partial charge in [0, 0.05) is 31.1 Å². The standard InChI is InChI=1S/C17H24N6O3S/c1-17(2,3)26-16(24)22-7-5-13(6-8-22)23-11-12(9-19-23)14-10-18-15(21-20-14)27(4)25/h9-11,13H,5-8H2,1-4H3. The maximum atomic E-state index is 12.2. The molecule has 0 saturated carbocycles. The maximum absolute atomic E-state index is 12.2. The Labute approximate surface area is 160 Å². The molecule has 10 heteroatoms. The highest BCUT2D eigenvalue weighted by Gasteiger charge is 2.28. The number of hydrogen-bond donors (Lipinski definition) is 0. The molecule has 9 nitrogen and oxygen atoms in total. The third-order valence-electron chi connectivity index (χ3n) is 4.19. The Balaban J connectivity index is 1.61. The lowest BCUT2D eigenvalue weighted by molar-refractivity contribution is 0.0185. The molecule has 1 aliphatic rings. The lowest BCUT2D eigenvalue weighted by atomic mass is 10.1. The molecule has 2 aromatic rings. The van der Waals surface area contributed by atoms with Gasteiger partial charge in [0.15, 0.2) is 0 Å². The van der Waals surface area contributed by atoms with Crippen LogP contribution in [0, 0.1) is 0 Å². The second kappa shape index (κ2) is 7.71. The zero-order valence-electron chi connectivity index (χ0n) is 16.0. The summed E-state index contributed by atoms with van der Waals surface area (Å²) < 4.78 is 18.7. The summed E-state index contributed by atoms with van der Waals surface area (Å²) in [4.78, 5) is 18.0. The summed E-state index contributed by atoms with van der Waals surface area (Å²) in [6.45, 7) is 6.86. The largest absolute Gasteiger partial charge is 0.444 e. The molecule has 1 atom stereocenters. The van der Waals surface area contributed by atoms with Gasteiger partial charge in [-0.05, 0) is 33.6 Å². The number of amides is 1. The second-order valence-corrected chi connectivity index (χ2v) is 8.76. The number of aromatic nitrogens is 5. The topological polar surface area (TPSA) is 103 Å². The number of hydrogen-bond acceptors (Lipinski definition) is 7. The summed E-state index contributed by atoms with van der Waals surface area (Å²) in [7, 11) is -1.25. The summed E-state index contributed by atoms with van der Waals surface area (Å²) in [6.07, 6.45) is 8.03. The van der Waals surface area contributed by atoms with Crippen molar-refractivity contribution in [1.29, 1.82) is 0 Å². The molecular weight excluding hydrogens is 368 g/mol. The molecule has 27 heavy (non-hydrogen) atoms. The molecule has 1 amide bonds. The molecule has 3 rings (SSSR count). The lowest BCUT2D eigenvalue weighted by Gasteiger charge is -2.33. The van der Waals surface area contributed by atoms with Crippen molar-refractivity contribution in [3.63, 3.8) is 0 Å². The minimum Gasteiger partial charge on any atom is -0.444 e. The molecule has 1 aliphatic heterocycles. The molecule has 1 unspecified atom stereocenters. The van der Waals surface area contributed by atoms with E-state index in [0.29, 0.717) is 18.8 Å². The Morgan fingerprint density at radius 2 is 1.93 bits per heavy atom. The van der Waals surface area contributed by atoms with Crippen molar-refractivity contribution in [2.45, 2.75) is 50.4 Å². The van der Waals surface area contributed by atoms with E-state index in [9.17, 15) is 9.00 Å². The zero-order valence-corrected chi connectivity index (χ0v) is 16.8. The molecule has 0 bridgehead atoms. The smallest absolute Gasteiger partial charge is 0.410 e. The Kier molecular flexibility index (Phi) is 5.54. The fourth-order valence-electron chi connectivity index (χ4n) is 2.84. The molecule has 0 aliphatic carbocycles. The predicted molar refractivity (Wildman–Crippen MR) is 99.5 cm³/mol. The monoisotopic (exact) mass is 392 g/mol. The van der Waals surface area contributed by atoms with E-state index in [2.05, 4.69) is 20.3 Å². The number of likely N-dealkylation sites (tertiary alicyclic amines) is 1. The summed E-state index contributed by atoms with van der Waals surface area (Å²) in [5, 5.41) is 12.6. The Morgan fingerprint density at radius 3 is 2.48 bits per heavy atom. The van der Waals surface area contributed by atoms with Crippen LogP contribution in [0.3, 0.4) is 0 Å². The summed E-state index contributed by atoms with van der Waals surface area (Å²) in [6, 6.07) is 0.209. The van der Waals surface area contributed by atoms with Crippen LogP contribution in [0.25, 0.3) is 11.3 Å². The molecule has 0 spiro atoms. The summed E-state index contributed by atoms with van der Waals surface area (Å²) in [5.74, 6) is 0. The minimum absolute atomic E-state index is 0.209. The molecule has 0 aromatic carbocycles. The van der Waals surface area contributed by atoms with Gasteiger partial charge in [-0.3, -0.25) is 8.89 Å². The van der Waals surface area contributed by atoms with Crippen LogP contribution in [0.4, 0.5) is 4.79 Å². The quantitative estimate of drug-likeness (QED) is 0.787. The maximum Gasteiger partial charge on any atom is 0.410 e. The van der Waals surface area contributed by atoms with Crippen molar-refractivity contribution < 1.29 is 13.7 Å². The number of nitrogens with zero attached hydrogens (tertiary/aromatic N) is 6. The summed E-state index contributed by atoms with van der Waals surface area (Å²) >= 11 is 0. The van der Waals surface area contributed by atoms with Crippen molar-refractivity contribution in [2.75, 3.05) is 19.3 Å². The van der Waals surface area contributed by atoms with E-state index in [-0.39, 0.29) is 17.3 Å². The van der Waals surface area contributed by atoms with Crippen LogP contribution in [0.2, 0.25) is 0 Å². The van der Waals surface area contributed by atoms with Crippen LogP contribution in [0.1, 0.15) is 39.7 Å². The van der Waals surface area contributed by atoms with Gasteiger partial charge in [0.25, 0.3) is 0 Å². The van der Waals surface area contributed by atoms with E-state index in [0.717, 1.165) is 18.4 Å². The fourth-order valence-corrected chi connectivity index (χ4v) is 3.20. The van der Waals surface area contributed by atoms with Crippen molar-refractivity contribution in [1.82, 2.24) is 29.9 Å². The van der Waals surface area contributed by atoms with E-state index in [1.807, 2.05) is 31.6 Å². The van der Waals surface area contributed by atoms with Crippen molar-refractivity contribution in [3.8, 4) is 11.3 Å². The highest BCUT2D eigenvalue weighted by atomic mass is 32.2. The Morgan fingerprint density at radius 1 is 1.22 bits per heavy atom. The van der Waals surface area contributed by atoms with E-state index in [1.165, 1.54) is 6.26 Å². The number of piperidine rings is 1. The van der Waals surface area contributed by atoms with E-state index < -0.39 is 16.4 Å². The molecule has 3 heterocycles. The first-order chi connectivity index (χ1) is 12.7. The van der Waals surface area contributed by atoms with Gasteiger partial charge in [-0.25, -0.2) is 9.78 Å². The molecule has 1 fully saturated rings. The lowest BCUT2D eigenvalue weighted by Crippen LogP contribution is -2.42. The molecule has 1 saturated heterocycles. The first-order valence-electron chi connectivity index (χ1n) is 8.78. The number of carbonyl (C=O) groups is 1. The molecular formula is C17H24N6O3S. The van der Waals surface area contributed by atoms with Crippen LogP contribution >= 0.6 is 0 Å². The average Bonchev–Trinajstić information content (AvgIpc) is 3.10. The first-order valence-corrected chi connectivity index (χ1v) is 10.3. The van der Waals surface area contributed by atoms with Crippen LogP contribution in [0.5, 0.6) is 0 Å². The molecule has 2 aromatic heterocycles. The zero-order chi connectivity index (χ0) is 19.6. The predicted octanol–water partition coefficient (Wildman–Crippen LogP) is 2.04. The number of carbonyl (C=O) groups excluding carboxylic acids is 1. The highest BCUT2D eigenvalue weighted by molar-refractivity contribution is 7.84. The van der Waals surface area contributed by atoms with Crippen LogP contribution < -0.4 is 0 Å². The third kappa shape index (κ3) is 4.88.